The van der Waals surface area contributed by atoms with Gasteiger partial charge in [0, 0.05) is 37.9 Å². The SMILES string of the molecule is Cc1cc(Nc2ncc3c(n2)CN(c2cnc4c(c2C)NCCO4)CC3)cnc1NCCN(C)C. The first kappa shape index (κ1) is 23.1. The lowest BCUT2D eigenvalue weighted by molar-refractivity contribution is 0.310. The van der Waals surface area contributed by atoms with Gasteiger partial charge in [-0.1, -0.05) is 0 Å². The van der Waals surface area contributed by atoms with Gasteiger partial charge in [-0.25, -0.2) is 19.9 Å². The lowest BCUT2D eigenvalue weighted by atomic mass is 10.0. The normalized spacial score (nSPS) is 14.6. The minimum atomic E-state index is 0.579. The fraction of sp³-hybridized carbons (Fsp3) is 0.440. The van der Waals surface area contributed by atoms with E-state index in [4.69, 9.17) is 9.72 Å². The summed E-state index contributed by atoms with van der Waals surface area (Å²) in [6, 6.07) is 2.07. The average Bonchev–Trinajstić information content (AvgIpc) is 2.85. The molecule has 5 heterocycles. The van der Waals surface area contributed by atoms with Crippen LogP contribution in [0.5, 0.6) is 5.88 Å². The number of likely N-dealkylation sites (N-methyl/N-ethyl adjacent to an activating group) is 1. The van der Waals surface area contributed by atoms with Gasteiger partial charge in [-0.3, -0.25) is 0 Å². The number of ether oxygens (including phenoxy) is 1. The summed E-state index contributed by atoms with van der Waals surface area (Å²) in [6.45, 7) is 9.02. The monoisotopic (exact) mass is 475 g/mol. The molecule has 0 bridgehead atoms. The predicted octanol–water partition coefficient (Wildman–Crippen LogP) is 2.97. The minimum Gasteiger partial charge on any atom is -0.474 e. The number of nitrogens with zero attached hydrogens (tertiary/aromatic N) is 6. The van der Waals surface area contributed by atoms with Crippen LogP contribution in [-0.4, -0.2) is 71.7 Å². The molecule has 10 nitrogen and oxygen atoms in total. The standard InChI is InChI=1S/C25H33N9O/c1-16-11-19(13-28-23(16)27-6-9-33(3)4)31-25-30-12-18-5-8-34(15-20(18)32-25)21-14-29-24-22(17(21)2)26-7-10-35-24/h11-14,26H,5-10,15H2,1-4H3,(H,27,28)(H,30,31,32). The van der Waals surface area contributed by atoms with Gasteiger partial charge in [0.2, 0.25) is 11.8 Å². The number of aryl methyl sites for hydroxylation is 1. The van der Waals surface area contributed by atoms with E-state index in [0.29, 0.717) is 25.0 Å². The molecule has 0 unspecified atom stereocenters. The van der Waals surface area contributed by atoms with E-state index in [1.807, 2.05) is 18.6 Å². The van der Waals surface area contributed by atoms with Crippen LogP contribution in [0.1, 0.15) is 22.4 Å². The van der Waals surface area contributed by atoms with Crippen LogP contribution in [0.3, 0.4) is 0 Å². The van der Waals surface area contributed by atoms with Gasteiger partial charge in [-0.15, -0.1) is 0 Å². The second-order valence-corrected chi connectivity index (χ2v) is 9.31. The van der Waals surface area contributed by atoms with Crippen LogP contribution in [0.25, 0.3) is 0 Å². The summed E-state index contributed by atoms with van der Waals surface area (Å²) in [5.74, 6) is 2.16. The molecule has 2 aliphatic heterocycles. The molecule has 0 aliphatic carbocycles. The highest BCUT2D eigenvalue weighted by Crippen LogP contribution is 2.36. The molecule has 35 heavy (non-hydrogen) atoms. The number of rotatable bonds is 7. The van der Waals surface area contributed by atoms with E-state index in [0.717, 1.165) is 72.3 Å². The molecule has 0 aromatic carbocycles. The van der Waals surface area contributed by atoms with Gasteiger partial charge in [-0.2, -0.15) is 0 Å². The molecule has 10 heteroatoms. The highest BCUT2D eigenvalue weighted by Gasteiger charge is 2.24. The molecule has 0 saturated carbocycles. The van der Waals surface area contributed by atoms with Crippen molar-refractivity contribution in [3.63, 3.8) is 0 Å². The van der Waals surface area contributed by atoms with Gasteiger partial charge in [0.15, 0.2) is 0 Å². The third-order valence-corrected chi connectivity index (χ3v) is 6.39. The quantitative estimate of drug-likeness (QED) is 0.472. The maximum Gasteiger partial charge on any atom is 0.237 e. The van der Waals surface area contributed by atoms with Crippen LogP contribution in [0.4, 0.5) is 28.8 Å². The molecule has 0 fully saturated rings. The first-order valence-electron chi connectivity index (χ1n) is 12.1. The third kappa shape index (κ3) is 5.07. The van der Waals surface area contributed by atoms with Crippen molar-refractivity contribution in [3.05, 3.63) is 47.0 Å². The number of hydrogen-bond donors (Lipinski definition) is 3. The number of nitrogens with one attached hydrogen (secondary N) is 3. The molecule has 3 N–H and O–H groups in total. The third-order valence-electron chi connectivity index (χ3n) is 6.39. The summed E-state index contributed by atoms with van der Waals surface area (Å²) >= 11 is 0. The van der Waals surface area contributed by atoms with Gasteiger partial charge in [0.1, 0.15) is 18.1 Å². The molecule has 2 aliphatic rings. The molecule has 184 valence electrons. The molecule has 0 spiro atoms. The largest absolute Gasteiger partial charge is 0.474 e. The lowest BCUT2D eigenvalue weighted by Gasteiger charge is -2.32. The first-order chi connectivity index (χ1) is 17.0. The van der Waals surface area contributed by atoms with Gasteiger partial charge in [0.25, 0.3) is 0 Å². The molecular formula is C25H33N9O. The van der Waals surface area contributed by atoms with E-state index in [-0.39, 0.29) is 0 Å². The Balaban J connectivity index is 1.29. The summed E-state index contributed by atoms with van der Waals surface area (Å²) in [6.07, 6.45) is 6.56. The van der Waals surface area contributed by atoms with Crippen LogP contribution in [0.2, 0.25) is 0 Å². The van der Waals surface area contributed by atoms with Crippen molar-refractivity contribution in [3.8, 4) is 5.88 Å². The molecule has 0 atom stereocenters. The van der Waals surface area contributed by atoms with Gasteiger partial charge < -0.3 is 30.5 Å². The van der Waals surface area contributed by atoms with Gasteiger partial charge in [-0.05, 0) is 51.6 Å². The summed E-state index contributed by atoms with van der Waals surface area (Å²) in [4.78, 5) is 23.0. The number of hydrogen-bond acceptors (Lipinski definition) is 10. The Morgan fingerprint density at radius 1 is 1.14 bits per heavy atom. The fourth-order valence-corrected chi connectivity index (χ4v) is 4.45. The Hall–Kier alpha value is -3.66. The number of anilines is 5. The van der Waals surface area contributed by atoms with Crippen LogP contribution >= 0.6 is 0 Å². The zero-order valence-corrected chi connectivity index (χ0v) is 20.9. The van der Waals surface area contributed by atoms with E-state index in [9.17, 15) is 0 Å². The fourth-order valence-electron chi connectivity index (χ4n) is 4.45. The number of pyridine rings is 2. The van der Waals surface area contributed by atoms with Crippen molar-refractivity contribution in [2.75, 3.05) is 67.7 Å². The van der Waals surface area contributed by atoms with Crippen molar-refractivity contribution in [1.82, 2.24) is 24.8 Å². The molecule has 0 amide bonds. The van der Waals surface area contributed by atoms with Crippen molar-refractivity contribution in [2.24, 2.45) is 0 Å². The van der Waals surface area contributed by atoms with Crippen molar-refractivity contribution < 1.29 is 4.74 Å². The summed E-state index contributed by atoms with van der Waals surface area (Å²) < 4.78 is 5.69. The molecule has 0 saturated heterocycles. The Morgan fingerprint density at radius 2 is 2.03 bits per heavy atom. The Bertz CT molecular complexity index is 1210. The molecular weight excluding hydrogens is 442 g/mol. The van der Waals surface area contributed by atoms with E-state index >= 15 is 0 Å². The summed E-state index contributed by atoms with van der Waals surface area (Å²) in [5.41, 5.74) is 7.42. The Morgan fingerprint density at radius 3 is 2.86 bits per heavy atom. The minimum absolute atomic E-state index is 0.579. The van der Waals surface area contributed by atoms with Gasteiger partial charge >= 0.3 is 0 Å². The van der Waals surface area contributed by atoms with E-state index in [1.165, 1.54) is 5.56 Å². The van der Waals surface area contributed by atoms with Crippen LogP contribution < -0.4 is 25.6 Å². The lowest BCUT2D eigenvalue weighted by Crippen LogP contribution is -2.32. The second-order valence-electron chi connectivity index (χ2n) is 9.31. The number of fused-ring (bicyclic) bond motifs is 2. The average molecular weight is 476 g/mol. The molecule has 3 aromatic rings. The van der Waals surface area contributed by atoms with E-state index < -0.39 is 0 Å². The van der Waals surface area contributed by atoms with Crippen molar-refractivity contribution >= 4 is 28.8 Å². The van der Waals surface area contributed by atoms with Gasteiger partial charge in [0.05, 0.1) is 36.0 Å². The maximum absolute atomic E-state index is 5.69. The first-order valence-corrected chi connectivity index (χ1v) is 12.1. The highest BCUT2D eigenvalue weighted by molar-refractivity contribution is 5.70. The van der Waals surface area contributed by atoms with Crippen molar-refractivity contribution in [2.45, 2.75) is 26.8 Å². The van der Waals surface area contributed by atoms with Crippen LogP contribution in [-0.2, 0) is 13.0 Å². The summed E-state index contributed by atoms with van der Waals surface area (Å²) in [7, 11) is 4.12. The molecule has 5 rings (SSSR count). The Kier molecular flexibility index (Phi) is 6.54. The maximum atomic E-state index is 5.69. The zero-order valence-electron chi connectivity index (χ0n) is 20.9. The zero-order chi connectivity index (χ0) is 24.4. The molecule has 0 radical (unpaired) electrons. The number of aromatic nitrogens is 4. The van der Waals surface area contributed by atoms with Crippen LogP contribution in [0.15, 0.2) is 24.7 Å². The Labute approximate surface area is 206 Å². The van der Waals surface area contributed by atoms with Crippen LogP contribution in [0, 0.1) is 13.8 Å². The predicted molar refractivity (Wildman–Crippen MR) is 139 cm³/mol. The molecule has 3 aromatic heterocycles. The second kappa shape index (κ2) is 9.91. The highest BCUT2D eigenvalue weighted by atomic mass is 16.5. The van der Waals surface area contributed by atoms with Crippen molar-refractivity contribution in [1.29, 1.82) is 0 Å². The van der Waals surface area contributed by atoms with E-state index in [1.54, 1.807) is 0 Å². The summed E-state index contributed by atoms with van der Waals surface area (Å²) in [5, 5.41) is 10.1. The van der Waals surface area contributed by atoms with E-state index in [2.05, 4.69) is 74.7 Å². The topological polar surface area (TPSA) is 103 Å². The smallest absolute Gasteiger partial charge is 0.237 e.